The van der Waals surface area contributed by atoms with Crippen LogP contribution in [0.25, 0.3) is 0 Å². The third-order valence-electron chi connectivity index (χ3n) is 3.67. The number of fused-ring (bicyclic) bond motifs is 1. The van der Waals surface area contributed by atoms with E-state index in [-0.39, 0.29) is 11.9 Å². The first-order valence-corrected chi connectivity index (χ1v) is 6.62. The Bertz CT molecular complexity index is 644. The zero-order valence-electron chi connectivity index (χ0n) is 11.6. The van der Waals surface area contributed by atoms with Gasteiger partial charge in [-0.25, -0.2) is 0 Å². The first-order chi connectivity index (χ1) is 9.67. The number of ether oxygens (including phenoxy) is 2. The van der Waals surface area contributed by atoms with Gasteiger partial charge in [0, 0.05) is 6.07 Å². The molecule has 0 fully saturated rings. The van der Waals surface area contributed by atoms with Gasteiger partial charge in [-0.3, -0.25) is 4.79 Å². The molecule has 20 heavy (non-hydrogen) atoms. The smallest absolute Gasteiger partial charge is 0.319 e. The molecule has 2 aromatic carbocycles. The van der Waals surface area contributed by atoms with E-state index < -0.39 is 0 Å². The normalized spacial score (nSPS) is 17.3. The van der Waals surface area contributed by atoms with Gasteiger partial charge in [-0.15, -0.1) is 0 Å². The van der Waals surface area contributed by atoms with Crippen LogP contribution in [0.2, 0.25) is 0 Å². The molecule has 0 radical (unpaired) electrons. The zero-order valence-corrected chi connectivity index (χ0v) is 11.6. The fraction of sp³-hybridized carbons (Fsp3) is 0.235. The van der Waals surface area contributed by atoms with Gasteiger partial charge in [0.15, 0.2) is 0 Å². The van der Waals surface area contributed by atoms with Crippen molar-refractivity contribution in [3.8, 4) is 11.5 Å². The molecule has 0 bridgehead atoms. The largest absolute Gasteiger partial charge is 0.497 e. The zero-order chi connectivity index (χ0) is 14.1. The SMILES string of the molecule is COc1ccc2c(c1)OC(=O)[C@H](c1ccc(C)cc1)C2. The first kappa shape index (κ1) is 12.7. The van der Waals surface area contributed by atoms with E-state index in [0.717, 1.165) is 11.1 Å². The van der Waals surface area contributed by atoms with Gasteiger partial charge >= 0.3 is 5.97 Å². The summed E-state index contributed by atoms with van der Waals surface area (Å²) in [6, 6.07) is 13.6. The lowest BCUT2D eigenvalue weighted by molar-refractivity contribution is -0.137. The van der Waals surface area contributed by atoms with Crippen LogP contribution in [0.5, 0.6) is 11.5 Å². The molecular formula is C17H16O3. The molecule has 0 saturated heterocycles. The molecule has 0 aliphatic carbocycles. The van der Waals surface area contributed by atoms with Gasteiger partial charge in [0.1, 0.15) is 11.5 Å². The molecule has 1 atom stereocenters. The summed E-state index contributed by atoms with van der Waals surface area (Å²) in [5.41, 5.74) is 3.22. The van der Waals surface area contributed by atoms with Crippen LogP contribution in [0.4, 0.5) is 0 Å². The van der Waals surface area contributed by atoms with Crippen LogP contribution in [-0.4, -0.2) is 13.1 Å². The molecule has 3 heteroatoms. The first-order valence-electron chi connectivity index (χ1n) is 6.62. The monoisotopic (exact) mass is 268 g/mol. The van der Waals surface area contributed by atoms with Crippen molar-refractivity contribution >= 4 is 5.97 Å². The van der Waals surface area contributed by atoms with Crippen LogP contribution in [-0.2, 0) is 11.2 Å². The van der Waals surface area contributed by atoms with Crippen molar-refractivity contribution in [2.45, 2.75) is 19.3 Å². The van der Waals surface area contributed by atoms with E-state index in [1.807, 2.05) is 43.3 Å². The molecule has 0 N–H and O–H groups in total. The van der Waals surface area contributed by atoms with Crippen LogP contribution in [0.1, 0.15) is 22.6 Å². The summed E-state index contributed by atoms with van der Waals surface area (Å²) in [7, 11) is 1.60. The van der Waals surface area contributed by atoms with E-state index >= 15 is 0 Å². The van der Waals surface area contributed by atoms with Crippen LogP contribution < -0.4 is 9.47 Å². The lowest BCUT2D eigenvalue weighted by atomic mass is 9.89. The van der Waals surface area contributed by atoms with E-state index in [1.165, 1.54) is 5.56 Å². The quantitative estimate of drug-likeness (QED) is 0.619. The molecule has 2 aromatic rings. The molecule has 1 aliphatic rings. The molecule has 1 heterocycles. The summed E-state index contributed by atoms with van der Waals surface area (Å²) in [6.45, 7) is 2.03. The van der Waals surface area contributed by atoms with Crippen molar-refractivity contribution in [3.05, 3.63) is 59.2 Å². The maximum Gasteiger partial charge on any atom is 0.319 e. The Morgan fingerprint density at radius 3 is 2.60 bits per heavy atom. The number of carbonyl (C=O) groups excluding carboxylic acids is 1. The van der Waals surface area contributed by atoms with Crippen LogP contribution >= 0.6 is 0 Å². The molecule has 0 amide bonds. The van der Waals surface area contributed by atoms with Crippen molar-refractivity contribution in [1.82, 2.24) is 0 Å². The number of esters is 1. The number of rotatable bonds is 2. The summed E-state index contributed by atoms with van der Waals surface area (Å²) in [4.78, 5) is 12.2. The maximum absolute atomic E-state index is 12.2. The highest BCUT2D eigenvalue weighted by Crippen LogP contribution is 2.35. The third-order valence-corrected chi connectivity index (χ3v) is 3.67. The number of methoxy groups -OCH3 is 1. The molecule has 3 nitrogen and oxygen atoms in total. The molecule has 0 spiro atoms. The van der Waals surface area contributed by atoms with E-state index in [0.29, 0.717) is 17.9 Å². The number of hydrogen-bond donors (Lipinski definition) is 0. The fourth-order valence-electron chi connectivity index (χ4n) is 2.46. The van der Waals surface area contributed by atoms with Gasteiger partial charge < -0.3 is 9.47 Å². The van der Waals surface area contributed by atoms with Gasteiger partial charge in [0.25, 0.3) is 0 Å². The topological polar surface area (TPSA) is 35.5 Å². The summed E-state index contributed by atoms with van der Waals surface area (Å²) >= 11 is 0. The second-order valence-electron chi connectivity index (χ2n) is 5.06. The minimum absolute atomic E-state index is 0.199. The minimum atomic E-state index is -0.225. The van der Waals surface area contributed by atoms with Crippen molar-refractivity contribution < 1.29 is 14.3 Å². The van der Waals surface area contributed by atoms with Crippen molar-refractivity contribution in [1.29, 1.82) is 0 Å². The fourth-order valence-corrected chi connectivity index (χ4v) is 2.46. The molecule has 3 rings (SSSR count). The lowest BCUT2D eigenvalue weighted by Gasteiger charge is -2.24. The number of hydrogen-bond acceptors (Lipinski definition) is 3. The molecule has 102 valence electrons. The maximum atomic E-state index is 12.2. The lowest BCUT2D eigenvalue weighted by Crippen LogP contribution is -2.25. The number of benzene rings is 2. The second-order valence-corrected chi connectivity index (χ2v) is 5.06. The Balaban J connectivity index is 1.93. The number of carbonyl (C=O) groups is 1. The molecule has 1 aliphatic heterocycles. The van der Waals surface area contributed by atoms with Gasteiger partial charge in [-0.1, -0.05) is 35.9 Å². The third kappa shape index (κ3) is 2.27. The Morgan fingerprint density at radius 2 is 1.90 bits per heavy atom. The predicted molar refractivity (Wildman–Crippen MR) is 76.3 cm³/mol. The average molecular weight is 268 g/mol. The minimum Gasteiger partial charge on any atom is -0.497 e. The molecular weight excluding hydrogens is 252 g/mol. The average Bonchev–Trinajstić information content (AvgIpc) is 2.47. The highest BCUT2D eigenvalue weighted by molar-refractivity contribution is 5.83. The van der Waals surface area contributed by atoms with Crippen molar-refractivity contribution in [3.63, 3.8) is 0 Å². The Morgan fingerprint density at radius 1 is 1.15 bits per heavy atom. The predicted octanol–water partition coefficient (Wildman–Crippen LogP) is 3.25. The van der Waals surface area contributed by atoms with Gasteiger partial charge in [0.2, 0.25) is 0 Å². The van der Waals surface area contributed by atoms with E-state index in [9.17, 15) is 4.79 Å². The van der Waals surface area contributed by atoms with E-state index in [1.54, 1.807) is 13.2 Å². The van der Waals surface area contributed by atoms with Crippen LogP contribution in [0.15, 0.2) is 42.5 Å². The Hall–Kier alpha value is -2.29. The molecule has 0 unspecified atom stereocenters. The molecule has 0 aromatic heterocycles. The highest BCUT2D eigenvalue weighted by Gasteiger charge is 2.29. The van der Waals surface area contributed by atoms with Crippen molar-refractivity contribution in [2.75, 3.05) is 7.11 Å². The van der Waals surface area contributed by atoms with E-state index in [2.05, 4.69) is 0 Å². The Labute approximate surface area is 118 Å². The van der Waals surface area contributed by atoms with Crippen molar-refractivity contribution in [2.24, 2.45) is 0 Å². The summed E-state index contributed by atoms with van der Waals surface area (Å²) in [5, 5.41) is 0. The van der Waals surface area contributed by atoms with Crippen LogP contribution in [0.3, 0.4) is 0 Å². The summed E-state index contributed by atoms with van der Waals surface area (Å²) < 4.78 is 10.6. The van der Waals surface area contributed by atoms with Gasteiger partial charge in [-0.2, -0.15) is 0 Å². The van der Waals surface area contributed by atoms with Gasteiger partial charge in [0.05, 0.1) is 13.0 Å². The highest BCUT2D eigenvalue weighted by atomic mass is 16.5. The molecule has 0 saturated carbocycles. The second kappa shape index (κ2) is 5.00. The summed E-state index contributed by atoms with van der Waals surface area (Å²) in [6.07, 6.45) is 0.668. The standard InChI is InChI=1S/C17H16O3/c1-11-3-5-12(6-4-11)15-9-13-7-8-14(19-2)10-16(13)20-17(15)18/h3-8,10,15H,9H2,1-2H3/t15-/m0/s1. The number of aryl methyl sites for hydroxylation is 1. The van der Waals surface area contributed by atoms with Crippen LogP contribution in [0, 0.1) is 6.92 Å². The van der Waals surface area contributed by atoms with Gasteiger partial charge in [-0.05, 0) is 30.5 Å². The van der Waals surface area contributed by atoms with E-state index in [4.69, 9.17) is 9.47 Å². The Kier molecular flexibility index (Phi) is 3.18. The summed E-state index contributed by atoms with van der Waals surface area (Å²) in [5.74, 6) is 0.883.